The predicted molar refractivity (Wildman–Crippen MR) is 173 cm³/mol. The van der Waals surface area contributed by atoms with Crippen LogP contribution in [0, 0.1) is 0 Å². The van der Waals surface area contributed by atoms with Crippen LogP contribution in [0.15, 0.2) is 146 Å². The smallest absolute Gasteiger partial charge is 0.166 e. The lowest BCUT2D eigenvalue weighted by Gasteiger charge is -2.14. The average molecular weight is 619 g/mol. The minimum atomic E-state index is -4.90. The Bertz CT molecular complexity index is 2170. The molecule has 0 aromatic heterocycles. The number of hydrogen-bond acceptors (Lipinski definition) is 0. The monoisotopic (exact) mass is 618 g/mol. The molecule has 0 heterocycles. The van der Waals surface area contributed by atoms with E-state index in [2.05, 4.69) is 72.8 Å². The molecule has 0 nitrogen and oxygen atoms in total. The van der Waals surface area contributed by atoms with E-state index >= 15 is 0 Å². The topological polar surface area (TPSA) is 0 Å². The van der Waals surface area contributed by atoms with Crippen LogP contribution in [0.25, 0.3) is 66.1 Å². The summed E-state index contributed by atoms with van der Waals surface area (Å²) >= 11 is 0. The second-order valence-electron chi connectivity index (χ2n) is 11.3. The molecule has 0 aliphatic carbocycles. The summed E-state index contributed by atoms with van der Waals surface area (Å²) in [5, 5.41) is 4.44. The first kappa shape index (κ1) is 29.4. The van der Waals surface area contributed by atoms with Gasteiger partial charge in [0.1, 0.15) is 0 Å². The van der Waals surface area contributed by atoms with Gasteiger partial charge >= 0.3 is 12.4 Å². The van der Waals surface area contributed by atoms with Gasteiger partial charge in [0.25, 0.3) is 0 Å². The zero-order chi connectivity index (χ0) is 32.1. The minimum Gasteiger partial charge on any atom is -0.166 e. The van der Waals surface area contributed by atoms with Crippen LogP contribution >= 0.6 is 0 Å². The molecule has 0 N–H and O–H groups in total. The Morgan fingerprint density at radius 2 is 0.761 bits per heavy atom. The molecule has 0 aliphatic rings. The van der Waals surface area contributed by atoms with Crippen molar-refractivity contribution in [3.05, 3.63) is 157 Å². The molecular formula is C40H24F6. The fourth-order valence-electron chi connectivity index (χ4n) is 5.90. The van der Waals surface area contributed by atoms with Crippen LogP contribution in [-0.2, 0) is 12.4 Å². The minimum absolute atomic E-state index is 0.140. The highest BCUT2D eigenvalue weighted by molar-refractivity contribution is 5.97. The van der Waals surface area contributed by atoms with Crippen molar-refractivity contribution in [2.75, 3.05) is 0 Å². The third kappa shape index (κ3) is 5.74. The molecule has 0 atom stereocenters. The van der Waals surface area contributed by atoms with Crippen molar-refractivity contribution in [1.82, 2.24) is 0 Å². The van der Waals surface area contributed by atoms with E-state index in [9.17, 15) is 26.3 Å². The average Bonchev–Trinajstić information content (AvgIpc) is 3.07. The summed E-state index contributed by atoms with van der Waals surface area (Å²) in [4.78, 5) is 0. The zero-order valence-electron chi connectivity index (χ0n) is 24.1. The molecule has 6 heteroatoms. The molecule has 7 aromatic rings. The summed E-state index contributed by atoms with van der Waals surface area (Å²) in [5.74, 6) is 0. The largest absolute Gasteiger partial charge is 0.416 e. The molecular weight excluding hydrogens is 594 g/mol. The highest BCUT2D eigenvalue weighted by atomic mass is 19.4. The van der Waals surface area contributed by atoms with Crippen molar-refractivity contribution < 1.29 is 26.3 Å². The van der Waals surface area contributed by atoms with Gasteiger partial charge in [0.2, 0.25) is 0 Å². The Morgan fingerprint density at radius 3 is 1.30 bits per heavy atom. The first-order chi connectivity index (χ1) is 22.0. The first-order valence-electron chi connectivity index (χ1n) is 14.6. The zero-order valence-corrected chi connectivity index (χ0v) is 24.1. The Morgan fingerprint density at radius 1 is 0.304 bits per heavy atom. The Hall–Kier alpha value is -5.36. The number of hydrogen-bond donors (Lipinski definition) is 0. The predicted octanol–water partition coefficient (Wildman–Crippen LogP) is 12.7. The molecule has 0 bridgehead atoms. The van der Waals surface area contributed by atoms with E-state index in [4.69, 9.17) is 0 Å². The second kappa shape index (κ2) is 11.2. The number of halogens is 6. The third-order valence-electron chi connectivity index (χ3n) is 8.30. The molecule has 0 radical (unpaired) electrons. The summed E-state index contributed by atoms with van der Waals surface area (Å²) in [5.41, 5.74) is 3.53. The van der Waals surface area contributed by atoms with Crippen LogP contribution in [0.1, 0.15) is 11.1 Å². The molecule has 0 fully saturated rings. The molecule has 46 heavy (non-hydrogen) atoms. The van der Waals surface area contributed by atoms with Crippen molar-refractivity contribution in [3.63, 3.8) is 0 Å². The molecule has 0 unspecified atom stereocenters. The quantitative estimate of drug-likeness (QED) is 0.172. The molecule has 0 amide bonds. The number of alkyl halides is 6. The molecule has 0 saturated heterocycles. The highest BCUT2D eigenvalue weighted by Crippen LogP contribution is 2.39. The van der Waals surface area contributed by atoms with Gasteiger partial charge in [-0.15, -0.1) is 0 Å². The molecule has 7 aromatic carbocycles. The third-order valence-corrected chi connectivity index (χ3v) is 8.30. The molecule has 226 valence electrons. The van der Waals surface area contributed by atoms with E-state index in [1.165, 1.54) is 16.3 Å². The van der Waals surface area contributed by atoms with Crippen LogP contribution in [0.2, 0.25) is 0 Å². The summed E-state index contributed by atoms with van der Waals surface area (Å²) in [6, 6.07) is 43.4. The summed E-state index contributed by atoms with van der Waals surface area (Å²) in [6.45, 7) is 0. The van der Waals surface area contributed by atoms with Gasteiger partial charge in [0.05, 0.1) is 11.1 Å². The fourth-order valence-corrected chi connectivity index (χ4v) is 5.90. The number of rotatable bonds is 4. The van der Waals surface area contributed by atoms with Gasteiger partial charge in [-0.05, 0) is 96.4 Å². The van der Waals surface area contributed by atoms with Crippen molar-refractivity contribution in [2.45, 2.75) is 12.4 Å². The lowest BCUT2D eigenvalue weighted by atomic mass is 9.94. The van der Waals surface area contributed by atoms with E-state index in [-0.39, 0.29) is 17.2 Å². The Balaban J connectivity index is 1.18. The first-order valence-corrected chi connectivity index (χ1v) is 14.6. The normalized spacial score (nSPS) is 12.1. The van der Waals surface area contributed by atoms with E-state index in [1.807, 2.05) is 30.3 Å². The summed E-state index contributed by atoms with van der Waals surface area (Å²) in [6.07, 6.45) is -9.81. The standard InChI is InChI=1S/C40H24F6/c41-39(42,43)35-22-34(23-36(24-35)40(44,45)46)28-10-8-25(9-11-28)31-18-14-27-15-19-32(21-33(27)20-31)26-12-16-30(17-13-26)38-7-3-5-29-4-1-2-6-37(29)38/h1-24H. The van der Waals surface area contributed by atoms with E-state index in [1.54, 1.807) is 24.3 Å². The van der Waals surface area contributed by atoms with Crippen molar-refractivity contribution in [1.29, 1.82) is 0 Å². The Labute approximate surface area is 261 Å². The Kier molecular flexibility index (Phi) is 7.16. The van der Waals surface area contributed by atoms with Crippen LogP contribution in [0.3, 0.4) is 0 Å². The van der Waals surface area contributed by atoms with Crippen molar-refractivity contribution in [3.8, 4) is 44.5 Å². The maximum atomic E-state index is 13.4. The van der Waals surface area contributed by atoms with Gasteiger partial charge in [-0.2, -0.15) is 26.3 Å². The maximum absolute atomic E-state index is 13.4. The van der Waals surface area contributed by atoms with Gasteiger partial charge in [0.15, 0.2) is 0 Å². The second-order valence-corrected chi connectivity index (χ2v) is 11.3. The number of fused-ring (bicyclic) bond motifs is 2. The van der Waals surface area contributed by atoms with Crippen LogP contribution in [-0.4, -0.2) is 0 Å². The van der Waals surface area contributed by atoms with E-state index < -0.39 is 23.5 Å². The van der Waals surface area contributed by atoms with Gasteiger partial charge in [-0.1, -0.05) is 115 Å². The fraction of sp³-hybridized carbons (Fsp3) is 0.0500. The lowest BCUT2D eigenvalue weighted by Crippen LogP contribution is -2.11. The van der Waals surface area contributed by atoms with Crippen LogP contribution in [0.4, 0.5) is 26.3 Å². The molecule has 7 rings (SSSR count). The molecule has 0 saturated carbocycles. The van der Waals surface area contributed by atoms with E-state index in [0.29, 0.717) is 0 Å². The summed E-state index contributed by atoms with van der Waals surface area (Å²) in [7, 11) is 0. The van der Waals surface area contributed by atoms with E-state index in [0.717, 1.165) is 50.7 Å². The highest BCUT2D eigenvalue weighted by Gasteiger charge is 2.37. The van der Waals surface area contributed by atoms with Crippen molar-refractivity contribution in [2.24, 2.45) is 0 Å². The SMILES string of the molecule is FC(F)(F)c1cc(-c2ccc(-c3ccc4ccc(-c5ccc(-c6cccc7ccccc67)cc5)cc4c3)cc2)cc(C(F)(F)F)c1. The van der Waals surface area contributed by atoms with Gasteiger partial charge in [0, 0.05) is 0 Å². The van der Waals surface area contributed by atoms with Gasteiger partial charge in [-0.3, -0.25) is 0 Å². The lowest BCUT2D eigenvalue weighted by molar-refractivity contribution is -0.143. The molecule has 0 spiro atoms. The van der Waals surface area contributed by atoms with Gasteiger partial charge in [-0.25, -0.2) is 0 Å². The van der Waals surface area contributed by atoms with Gasteiger partial charge < -0.3 is 0 Å². The number of benzene rings is 7. The van der Waals surface area contributed by atoms with Crippen LogP contribution in [0.5, 0.6) is 0 Å². The summed E-state index contributed by atoms with van der Waals surface area (Å²) < 4.78 is 80.2. The van der Waals surface area contributed by atoms with Crippen molar-refractivity contribution >= 4 is 21.5 Å². The van der Waals surface area contributed by atoms with Crippen LogP contribution < -0.4 is 0 Å². The molecule has 0 aliphatic heterocycles. The maximum Gasteiger partial charge on any atom is 0.416 e.